The van der Waals surface area contributed by atoms with Crippen molar-refractivity contribution in [3.05, 3.63) is 47.3 Å². The van der Waals surface area contributed by atoms with Gasteiger partial charge in [-0.05, 0) is 24.3 Å². The molecule has 0 atom stereocenters. The van der Waals surface area contributed by atoms with E-state index in [1.165, 1.54) is 24.4 Å². The van der Waals surface area contributed by atoms with Crippen LogP contribution in [0.3, 0.4) is 0 Å². The van der Waals surface area contributed by atoms with Crippen molar-refractivity contribution in [3.63, 3.8) is 0 Å². The van der Waals surface area contributed by atoms with Crippen LogP contribution < -0.4 is 16.0 Å². The molecule has 0 radical (unpaired) electrons. The number of nitrogens with one attached hydrogen (secondary N) is 1. The number of ether oxygens (including phenoxy) is 1. The molecule has 0 fully saturated rings. The zero-order valence-corrected chi connectivity index (χ0v) is 11.1. The Morgan fingerprint density at radius 1 is 1.24 bits per heavy atom. The highest BCUT2D eigenvalue weighted by Gasteiger charge is 2.13. The van der Waals surface area contributed by atoms with Crippen LogP contribution >= 0.6 is 0 Å². The molecule has 0 unspecified atom stereocenters. The maximum Gasteiger partial charge on any atom is 0.295 e. The fraction of sp³-hybridized carbons (Fsp3) is 0.0769. The monoisotopic (exact) mass is 284 g/mol. The first-order chi connectivity index (χ1) is 10.2. The molecule has 1 aromatic carbocycles. The van der Waals surface area contributed by atoms with Gasteiger partial charge in [-0.25, -0.2) is 9.97 Å². The summed E-state index contributed by atoms with van der Waals surface area (Å²) in [5.41, 5.74) is 6.74. The van der Waals surface area contributed by atoms with Crippen LogP contribution in [0.25, 0.3) is 17.2 Å². The van der Waals surface area contributed by atoms with E-state index in [0.717, 1.165) is 5.56 Å². The molecule has 0 spiro atoms. The largest absolute Gasteiger partial charge is 0.488 e. The van der Waals surface area contributed by atoms with Gasteiger partial charge in [0.15, 0.2) is 5.82 Å². The second kappa shape index (κ2) is 5.08. The van der Waals surface area contributed by atoms with Crippen LogP contribution in [0.5, 0.6) is 5.75 Å². The molecule has 0 aliphatic carbocycles. The molecular formula is C13H12N6O2. The van der Waals surface area contributed by atoms with Crippen LogP contribution in [0.15, 0.2) is 41.7 Å². The quantitative estimate of drug-likeness (QED) is 0.681. The number of hydrogen-bond donors (Lipinski definition) is 2. The molecule has 0 aliphatic heterocycles. The van der Waals surface area contributed by atoms with Gasteiger partial charge in [0.25, 0.3) is 5.56 Å². The van der Waals surface area contributed by atoms with Crippen LogP contribution in [-0.2, 0) is 0 Å². The summed E-state index contributed by atoms with van der Waals surface area (Å²) in [4.78, 5) is 22.4. The van der Waals surface area contributed by atoms with E-state index in [9.17, 15) is 4.79 Å². The van der Waals surface area contributed by atoms with Crippen LogP contribution in [-0.4, -0.2) is 31.8 Å². The van der Waals surface area contributed by atoms with E-state index < -0.39 is 0 Å². The Balaban J connectivity index is 2.05. The molecule has 2 heterocycles. The van der Waals surface area contributed by atoms with E-state index in [-0.39, 0.29) is 17.1 Å². The zero-order chi connectivity index (χ0) is 14.8. The Kier molecular flexibility index (Phi) is 3.11. The fourth-order valence-electron chi connectivity index (χ4n) is 1.85. The summed E-state index contributed by atoms with van der Waals surface area (Å²) in [5.74, 6) is 0.848. The number of aromatic amines is 1. The molecule has 0 aliphatic rings. The molecule has 3 aromatic rings. The van der Waals surface area contributed by atoms with Gasteiger partial charge in [0.1, 0.15) is 6.33 Å². The van der Waals surface area contributed by atoms with Crippen molar-refractivity contribution in [3.8, 4) is 23.0 Å². The number of nitrogens with two attached hydrogens (primary N) is 1. The number of rotatable bonds is 3. The lowest BCUT2D eigenvalue weighted by molar-refractivity contribution is 0.402. The first-order valence-electron chi connectivity index (χ1n) is 6.08. The minimum Gasteiger partial charge on any atom is -0.488 e. The van der Waals surface area contributed by atoms with Gasteiger partial charge in [-0.3, -0.25) is 4.79 Å². The third kappa shape index (κ3) is 2.34. The van der Waals surface area contributed by atoms with E-state index in [4.69, 9.17) is 10.5 Å². The normalized spacial score (nSPS) is 10.5. The number of aromatic nitrogens is 5. The lowest BCUT2D eigenvalue weighted by Crippen LogP contribution is -2.14. The standard InChI is InChI=1S/C13H12N6O2/c1-21-10-12(15-6-16-13(10)20)19-7-17-11(18-19)8-2-4-9(14)5-3-8/h2-7H,14H2,1H3,(H,15,16,20). The predicted octanol–water partition coefficient (Wildman–Crippen LogP) is 0.608. The Bertz CT molecular complexity index is 821. The Hall–Kier alpha value is -3.16. The summed E-state index contributed by atoms with van der Waals surface area (Å²) in [6, 6.07) is 7.17. The highest BCUT2D eigenvalue weighted by molar-refractivity contribution is 5.58. The van der Waals surface area contributed by atoms with Gasteiger partial charge in [0.05, 0.1) is 13.4 Å². The summed E-state index contributed by atoms with van der Waals surface area (Å²) < 4.78 is 6.44. The van der Waals surface area contributed by atoms with Gasteiger partial charge in [0.2, 0.25) is 11.6 Å². The van der Waals surface area contributed by atoms with Crippen LogP contribution in [0.1, 0.15) is 0 Å². The molecule has 106 valence electrons. The van der Waals surface area contributed by atoms with Crippen molar-refractivity contribution in [2.45, 2.75) is 0 Å². The molecule has 21 heavy (non-hydrogen) atoms. The van der Waals surface area contributed by atoms with Gasteiger partial charge in [-0.1, -0.05) is 0 Å². The predicted molar refractivity (Wildman–Crippen MR) is 76.2 cm³/mol. The van der Waals surface area contributed by atoms with Crippen molar-refractivity contribution in [1.82, 2.24) is 24.7 Å². The molecule has 8 heteroatoms. The Labute approximate surface area is 119 Å². The van der Waals surface area contributed by atoms with Crippen molar-refractivity contribution in [1.29, 1.82) is 0 Å². The van der Waals surface area contributed by atoms with E-state index >= 15 is 0 Å². The van der Waals surface area contributed by atoms with Crippen LogP contribution in [0.4, 0.5) is 5.69 Å². The first kappa shape index (κ1) is 12.9. The highest BCUT2D eigenvalue weighted by atomic mass is 16.5. The second-order valence-electron chi connectivity index (χ2n) is 4.22. The van der Waals surface area contributed by atoms with Gasteiger partial charge in [-0.2, -0.15) is 4.68 Å². The average Bonchev–Trinajstić information content (AvgIpc) is 2.97. The second-order valence-corrected chi connectivity index (χ2v) is 4.22. The molecule has 0 saturated carbocycles. The first-order valence-corrected chi connectivity index (χ1v) is 6.08. The summed E-state index contributed by atoms with van der Waals surface area (Å²) in [6.45, 7) is 0. The van der Waals surface area contributed by atoms with E-state index in [2.05, 4.69) is 20.1 Å². The molecule has 0 bridgehead atoms. The maximum absolute atomic E-state index is 11.7. The molecule has 0 amide bonds. The molecular weight excluding hydrogens is 272 g/mol. The van der Waals surface area contributed by atoms with Crippen molar-refractivity contribution in [2.24, 2.45) is 0 Å². The van der Waals surface area contributed by atoms with Gasteiger partial charge >= 0.3 is 0 Å². The highest BCUT2D eigenvalue weighted by Crippen LogP contribution is 2.18. The third-order valence-electron chi connectivity index (χ3n) is 2.87. The minimum absolute atomic E-state index is 0.0752. The van der Waals surface area contributed by atoms with Gasteiger partial charge in [-0.15, -0.1) is 5.10 Å². The van der Waals surface area contributed by atoms with Gasteiger partial charge in [0, 0.05) is 11.3 Å². The van der Waals surface area contributed by atoms with E-state index in [1.807, 2.05) is 12.1 Å². The molecule has 8 nitrogen and oxygen atoms in total. The third-order valence-corrected chi connectivity index (χ3v) is 2.87. The molecule has 3 N–H and O–H groups in total. The lowest BCUT2D eigenvalue weighted by Gasteiger charge is -2.04. The molecule has 2 aromatic heterocycles. The van der Waals surface area contributed by atoms with Crippen LogP contribution in [0, 0.1) is 0 Å². The van der Waals surface area contributed by atoms with Crippen molar-refractivity contribution < 1.29 is 4.74 Å². The van der Waals surface area contributed by atoms with Gasteiger partial charge < -0.3 is 15.5 Å². The Morgan fingerprint density at radius 3 is 2.71 bits per heavy atom. The number of nitrogens with zero attached hydrogens (tertiary/aromatic N) is 4. The SMILES string of the molecule is COc1c(-n2cnc(-c3ccc(N)cc3)n2)nc[nH]c1=O. The minimum atomic E-state index is -0.382. The zero-order valence-electron chi connectivity index (χ0n) is 11.1. The Morgan fingerprint density at radius 2 is 2.00 bits per heavy atom. The van der Waals surface area contributed by atoms with Crippen molar-refractivity contribution >= 4 is 5.69 Å². The molecule has 0 saturated heterocycles. The maximum atomic E-state index is 11.7. The number of nitrogen functional groups attached to an aromatic ring is 1. The topological polar surface area (TPSA) is 112 Å². The smallest absolute Gasteiger partial charge is 0.295 e. The number of H-pyrrole nitrogens is 1. The lowest BCUT2D eigenvalue weighted by atomic mass is 10.2. The summed E-state index contributed by atoms with van der Waals surface area (Å²) in [5, 5.41) is 4.30. The average molecular weight is 284 g/mol. The van der Waals surface area contributed by atoms with Crippen LogP contribution in [0.2, 0.25) is 0 Å². The van der Waals surface area contributed by atoms with E-state index in [0.29, 0.717) is 11.5 Å². The summed E-state index contributed by atoms with van der Waals surface area (Å²) in [6.07, 6.45) is 2.75. The fourth-order valence-corrected chi connectivity index (χ4v) is 1.85. The number of benzene rings is 1. The number of hydrogen-bond acceptors (Lipinski definition) is 6. The van der Waals surface area contributed by atoms with E-state index in [1.54, 1.807) is 12.1 Å². The summed E-state index contributed by atoms with van der Waals surface area (Å²) in [7, 11) is 1.40. The molecule has 3 rings (SSSR count). The summed E-state index contributed by atoms with van der Waals surface area (Å²) >= 11 is 0. The number of methoxy groups -OCH3 is 1. The van der Waals surface area contributed by atoms with Crippen molar-refractivity contribution in [2.75, 3.05) is 12.8 Å². The number of anilines is 1.